The van der Waals surface area contributed by atoms with Crippen LogP contribution < -0.4 is 5.46 Å². The van der Waals surface area contributed by atoms with Gasteiger partial charge in [0.15, 0.2) is 0 Å². The second kappa shape index (κ2) is 7.66. The van der Waals surface area contributed by atoms with Crippen LogP contribution in [0, 0.1) is 20.8 Å². The highest BCUT2D eigenvalue weighted by Gasteiger charge is 2.13. The van der Waals surface area contributed by atoms with Crippen molar-refractivity contribution in [2.45, 2.75) is 28.2 Å². The zero-order valence-corrected chi connectivity index (χ0v) is 11.2. The number of aryl methyl sites for hydroxylation is 3. The van der Waals surface area contributed by atoms with Gasteiger partial charge in [0, 0.05) is 9.75 Å². The fourth-order valence-electron chi connectivity index (χ4n) is 1.11. The number of thiophene rings is 2. The van der Waals surface area contributed by atoms with Gasteiger partial charge in [-0.05, 0) is 48.6 Å². The molecule has 17 heavy (non-hydrogen) atoms. The van der Waals surface area contributed by atoms with E-state index in [0.717, 1.165) is 4.88 Å². The molecule has 0 saturated heterocycles. The summed E-state index contributed by atoms with van der Waals surface area (Å²) in [6.07, 6.45) is 0. The van der Waals surface area contributed by atoms with Crippen molar-refractivity contribution in [3.8, 4) is 0 Å². The fraction of sp³-hybridized carbons (Fsp3) is 0.333. The summed E-state index contributed by atoms with van der Waals surface area (Å²) in [6, 6.07) is 3.85. The molecule has 2 rings (SSSR count). The van der Waals surface area contributed by atoms with E-state index in [4.69, 9.17) is 10.0 Å². The van der Waals surface area contributed by atoms with Gasteiger partial charge >= 0.3 is 7.12 Å². The maximum absolute atomic E-state index is 8.66. The summed E-state index contributed by atoms with van der Waals surface area (Å²) in [6.45, 7) is 6.13. The van der Waals surface area contributed by atoms with Gasteiger partial charge in [0.1, 0.15) is 0 Å². The third-order valence-corrected chi connectivity index (χ3v) is 4.10. The van der Waals surface area contributed by atoms with Gasteiger partial charge in [0.25, 0.3) is 0 Å². The molecule has 0 radical (unpaired) electrons. The van der Waals surface area contributed by atoms with Crippen LogP contribution in [-0.4, -0.2) is 17.2 Å². The molecule has 0 aromatic carbocycles. The third-order valence-electron chi connectivity index (χ3n) is 2.30. The van der Waals surface area contributed by atoms with Crippen LogP contribution in [0.2, 0.25) is 0 Å². The molecule has 0 amide bonds. The van der Waals surface area contributed by atoms with Gasteiger partial charge in [-0.1, -0.05) is 13.5 Å². The van der Waals surface area contributed by atoms with Crippen LogP contribution in [0.15, 0.2) is 22.9 Å². The number of hydrogen-bond acceptors (Lipinski definition) is 4. The van der Waals surface area contributed by atoms with E-state index in [-0.39, 0.29) is 7.43 Å². The number of hydrogen-bond donors (Lipinski definition) is 2. The molecule has 0 saturated carbocycles. The molecule has 0 aliphatic carbocycles. The summed E-state index contributed by atoms with van der Waals surface area (Å²) in [4.78, 5) is 2.39. The van der Waals surface area contributed by atoms with Crippen LogP contribution in [0.4, 0.5) is 0 Å². The van der Waals surface area contributed by atoms with Gasteiger partial charge in [-0.2, -0.15) is 0 Å². The second-order valence-corrected chi connectivity index (χ2v) is 5.71. The van der Waals surface area contributed by atoms with Crippen molar-refractivity contribution in [1.29, 1.82) is 0 Å². The van der Waals surface area contributed by atoms with Gasteiger partial charge in [-0.3, -0.25) is 0 Å². The van der Waals surface area contributed by atoms with Crippen molar-refractivity contribution in [2.24, 2.45) is 0 Å². The summed E-state index contributed by atoms with van der Waals surface area (Å²) in [5.74, 6) is 0. The summed E-state index contributed by atoms with van der Waals surface area (Å²) in [5.41, 5.74) is 2.02. The molecule has 2 nitrogen and oxygen atoms in total. The minimum atomic E-state index is -1.31. The predicted octanol–water partition coefficient (Wildman–Crippen LogP) is 2.74. The highest BCUT2D eigenvalue weighted by Crippen LogP contribution is 2.12. The van der Waals surface area contributed by atoms with Gasteiger partial charge in [-0.25, -0.2) is 0 Å². The standard InChI is InChI=1S/C6H8S.C5H7BO2S.CH4/c1-5-3-4-7-6(5)2;1-4-5(6(7)8)2-3-9-4;/h3-4H,1-2H3;2-3,7-8H,1H3;1H4. The fourth-order valence-corrected chi connectivity index (χ4v) is 2.57. The second-order valence-electron chi connectivity index (χ2n) is 3.47. The largest absolute Gasteiger partial charge is 0.489 e. The molecule has 2 aromatic rings. The van der Waals surface area contributed by atoms with E-state index in [2.05, 4.69) is 25.3 Å². The summed E-state index contributed by atoms with van der Waals surface area (Å²) in [7, 11) is -1.31. The smallest absolute Gasteiger partial charge is 0.423 e. The van der Waals surface area contributed by atoms with Gasteiger partial charge < -0.3 is 10.0 Å². The van der Waals surface area contributed by atoms with Crippen LogP contribution >= 0.6 is 22.7 Å². The maximum atomic E-state index is 8.66. The predicted molar refractivity (Wildman–Crippen MR) is 79.4 cm³/mol. The molecule has 0 fully saturated rings. The number of rotatable bonds is 1. The van der Waals surface area contributed by atoms with E-state index in [9.17, 15) is 0 Å². The molecule has 5 heteroatoms. The van der Waals surface area contributed by atoms with E-state index in [1.165, 1.54) is 21.8 Å². The maximum Gasteiger partial charge on any atom is 0.489 e. The summed E-state index contributed by atoms with van der Waals surface area (Å²) in [5, 5.41) is 21.3. The molecule has 0 atom stereocenters. The third kappa shape index (κ3) is 5.04. The van der Waals surface area contributed by atoms with Crippen molar-refractivity contribution < 1.29 is 10.0 Å². The Hall–Kier alpha value is -0.615. The van der Waals surface area contributed by atoms with E-state index in [1.807, 2.05) is 12.3 Å². The Bertz CT molecular complexity index is 419. The Kier molecular flexibility index (Phi) is 7.38. The minimum absolute atomic E-state index is 0. The van der Waals surface area contributed by atoms with Gasteiger partial charge in [0.2, 0.25) is 0 Å². The molecule has 0 spiro atoms. The molecule has 0 aliphatic rings. The first-order valence-electron chi connectivity index (χ1n) is 4.93. The zero-order chi connectivity index (χ0) is 12.1. The summed E-state index contributed by atoms with van der Waals surface area (Å²) >= 11 is 3.32. The van der Waals surface area contributed by atoms with Crippen molar-refractivity contribution in [3.05, 3.63) is 38.2 Å². The van der Waals surface area contributed by atoms with E-state index >= 15 is 0 Å². The SMILES string of the molecule is C.Cc1ccsc1C.Cc1sccc1B(O)O. The molecule has 0 unspecified atom stereocenters. The Morgan fingerprint density at radius 1 is 0.941 bits per heavy atom. The van der Waals surface area contributed by atoms with Crippen LogP contribution in [-0.2, 0) is 0 Å². The van der Waals surface area contributed by atoms with Crippen molar-refractivity contribution in [2.75, 3.05) is 0 Å². The quantitative estimate of drug-likeness (QED) is 0.782. The first-order valence-corrected chi connectivity index (χ1v) is 6.69. The van der Waals surface area contributed by atoms with Crippen LogP contribution in [0.5, 0.6) is 0 Å². The normalized spacial score (nSPS) is 9.00. The lowest BCUT2D eigenvalue weighted by Gasteiger charge is -1.93. The van der Waals surface area contributed by atoms with Crippen LogP contribution in [0.3, 0.4) is 0 Å². The minimum Gasteiger partial charge on any atom is -0.423 e. The molecule has 0 aliphatic heterocycles. The Balaban J connectivity index is 0.000000292. The lowest BCUT2D eigenvalue weighted by molar-refractivity contribution is 0.425. The molecule has 2 heterocycles. The zero-order valence-electron chi connectivity index (χ0n) is 9.60. The van der Waals surface area contributed by atoms with Crippen LogP contribution in [0.25, 0.3) is 0 Å². The van der Waals surface area contributed by atoms with E-state index in [1.54, 1.807) is 17.4 Å². The van der Waals surface area contributed by atoms with Gasteiger partial charge in [0.05, 0.1) is 0 Å². The lowest BCUT2D eigenvalue weighted by atomic mass is 9.81. The molecule has 94 valence electrons. The lowest BCUT2D eigenvalue weighted by Crippen LogP contribution is -2.29. The Labute approximate surface area is 112 Å². The topological polar surface area (TPSA) is 40.5 Å². The average Bonchev–Trinajstić information content (AvgIpc) is 2.78. The van der Waals surface area contributed by atoms with E-state index < -0.39 is 7.12 Å². The van der Waals surface area contributed by atoms with E-state index in [0.29, 0.717) is 5.46 Å². The first kappa shape index (κ1) is 16.4. The van der Waals surface area contributed by atoms with Crippen molar-refractivity contribution in [3.63, 3.8) is 0 Å². The Morgan fingerprint density at radius 3 is 1.65 bits per heavy atom. The highest BCUT2D eigenvalue weighted by molar-refractivity contribution is 7.11. The molecule has 2 aromatic heterocycles. The highest BCUT2D eigenvalue weighted by atomic mass is 32.1. The van der Waals surface area contributed by atoms with Crippen LogP contribution in [0.1, 0.15) is 22.7 Å². The first-order chi connectivity index (χ1) is 7.52. The van der Waals surface area contributed by atoms with Crippen molar-refractivity contribution >= 4 is 35.3 Å². The monoisotopic (exact) mass is 270 g/mol. The molecule has 0 bridgehead atoms. The molecular weight excluding hydrogens is 251 g/mol. The average molecular weight is 270 g/mol. The van der Waals surface area contributed by atoms with Crippen molar-refractivity contribution in [1.82, 2.24) is 0 Å². The summed E-state index contributed by atoms with van der Waals surface area (Å²) < 4.78 is 0. The molecular formula is C12H19BO2S2. The Morgan fingerprint density at radius 2 is 1.47 bits per heavy atom. The van der Waals surface area contributed by atoms with Gasteiger partial charge in [-0.15, -0.1) is 22.7 Å². The molecule has 2 N–H and O–H groups in total.